The third-order valence-electron chi connectivity index (χ3n) is 2.75. The van der Waals surface area contributed by atoms with Crippen molar-refractivity contribution in [3.63, 3.8) is 0 Å². The van der Waals surface area contributed by atoms with Crippen LogP contribution in [0.1, 0.15) is 20.8 Å². The summed E-state index contributed by atoms with van der Waals surface area (Å²) in [5.74, 6) is 0.505. The van der Waals surface area contributed by atoms with Gasteiger partial charge in [-0.15, -0.1) is 0 Å². The van der Waals surface area contributed by atoms with Gasteiger partial charge < -0.3 is 10.1 Å². The third-order valence-corrected chi connectivity index (χ3v) is 2.75. The zero-order valence-electron chi connectivity index (χ0n) is 9.69. The van der Waals surface area contributed by atoms with E-state index in [1.165, 1.54) is 0 Å². The van der Waals surface area contributed by atoms with E-state index < -0.39 is 0 Å². The van der Waals surface area contributed by atoms with Crippen LogP contribution in [0.4, 0.5) is 0 Å². The standard InChI is InChI=1S/C11H20N2O2/c1-8(2)10-5-13(4-9(3)7-14)6-11(15)12-10/h7-10H,4-6H2,1-3H3,(H,12,15). The second-order valence-corrected chi connectivity index (χ2v) is 4.73. The first-order valence-electron chi connectivity index (χ1n) is 5.50. The van der Waals surface area contributed by atoms with E-state index in [0.29, 0.717) is 19.0 Å². The highest BCUT2D eigenvalue weighted by Crippen LogP contribution is 2.10. The molecule has 4 nitrogen and oxygen atoms in total. The smallest absolute Gasteiger partial charge is 0.234 e. The first-order valence-corrected chi connectivity index (χ1v) is 5.50. The van der Waals surface area contributed by atoms with Crippen LogP contribution >= 0.6 is 0 Å². The third kappa shape index (κ3) is 3.63. The van der Waals surface area contributed by atoms with Gasteiger partial charge in [0.25, 0.3) is 0 Å². The molecule has 0 saturated carbocycles. The highest BCUT2D eigenvalue weighted by molar-refractivity contribution is 5.79. The lowest BCUT2D eigenvalue weighted by Gasteiger charge is -2.35. The highest BCUT2D eigenvalue weighted by atomic mass is 16.2. The molecule has 4 heteroatoms. The molecule has 0 aliphatic carbocycles. The summed E-state index contributed by atoms with van der Waals surface area (Å²) >= 11 is 0. The Morgan fingerprint density at radius 2 is 2.20 bits per heavy atom. The molecule has 2 unspecified atom stereocenters. The summed E-state index contributed by atoms with van der Waals surface area (Å²) in [6, 6.07) is 0.213. The molecule has 1 saturated heterocycles. The Morgan fingerprint density at radius 1 is 1.53 bits per heavy atom. The quantitative estimate of drug-likeness (QED) is 0.681. The fourth-order valence-corrected chi connectivity index (χ4v) is 1.81. The minimum atomic E-state index is 0.00344. The lowest BCUT2D eigenvalue weighted by molar-refractivity contribution is -0.127. The Labute approximate surface area is 91.0 Å². The minimum absolute atomic E-state index is 0.00344. The monoisotopic (exact) mass is 212 g/mol. The predicted molar refractivity (Wildman–Crippen MR) is 58.4 cm³/mol. The van der Waals surface area contributed by atoms with Gasteiger partial charge in [-0.05, 0) is 5.92 Å². The molecule has 86 valence electrons. The Morgan fingerprint density at radius 3 is 2.73 bits per heavy atom. The fraction of sp³-hybridized carbons (Fsp3) is 0.818. The SMILES string of the molecule is CC(C=O)CN1CC(=O)NC(C(C)C)C1. The zero-order valence-corrected chi connectivity index (χ0v) is 9.69. The summed E-state index contributed by atoms with van der Waals surface area (Å²) in [7, 11) is 0. The second-order valence-electron chi connectivity index (χ2n) is 4.73. The molecule has 1 amide bonds. The van der Waals surface area contributed by atoms with E-state index in [0.717, 1.165) is 12.8 Å². The molecule has 1 N–H and O–H groups in total. The van der Waals surface area contributed by atoms with E-state index in [9.17, 15) is 9.59 Å². The Balaban J connectivity index is 2.51. The van der Waals surface area contributed by atoms with Crippen molar-refractivity contribution in [3.05, 3.63) is 0 Å². The summed E-state index contributed by atoms with van der Waals surface area (Å²) in [5, 5.41) is 2.97. The van der Waals surface area contributed by atoms with Crippen molar-refractivity contribution < 1.29 is 9.59 Å². The van der Waals surface area contributed by atoms with Gasteiger partial charge in [0.2, 0.25) is 5.91 Å². The van der Waals surface area contributed by atoms with Crippen molar-refractivity contribution in [2.24, 2.45) is 11.8 Å². The van der Waals surface area contributed by atoms with Crippen molar-refractivity contribution >= 4 is 12.2 Å². The number of hydrogen-bond acceptors (Lipinski definition) is 3. The highest BCUT2D eigenvalue weighted by Gasteiger charge is 2.26. The summed E-state index contributed by atoms with van der Waals surface area (Å²) < 4.78 is 0. The zero-order chi connectivity index (χ0) is 11.4. The Hall–Kier alpha value is -0.900. The van der Waals surface area contributed by atoms with Crippen LogP contribution in [-0.4, -0.2) is 42.8 Å². The molecular weight excluding hydrogens is 192 g/mol. The fourth-order valence-electron chi connectivity index (χ4n) is 1.81. The van der Waals surface area contributed by atoms with E-state index >= 15 is 0 Å². The van der Waals surface area contributed by atoms with E-state index in [1.807, 2.05) is 6.92 Å². The molecule has 0 bridgehead atoms. The van der Waals surface area contributed by atoms with Crippen LogP contribution in [0.15, 0.2) is 0 Å². The molecule has 1 aliphatic heterocycles. The number of carbonyl (C=O) groups excluding carboxylic acids is 2. The molecule has 0 aromatic heterocycles. The number of amides is 1. The maximum Gasteiger partial charge on any atom is 0.234 e. The van der Waals surface area contributed by atoms with Crippen LogP contribution in [0.25, 0.3) is 0 Å². The lowest BCUT2D eigenvalue weighted by atomic mass is 10.0. The molecule has 0 spiro atoms. The van der Waals surface area contributed by atoms with Crippen molar-refractivity contribution in [1.82, 2.24) is 10.2 Å². The first-order chi connectivity index (χ1) is 7.02. The normalized spacial score (nSPS) is 25.1. The van der Waals surface area contributed by atoms with Gasteiger partial charge in [-0.3, -0.25) is 9.69 Å². The van der Waals surface area contributed by atoms with Crippen molar-refractivity contribution in [3.8, 4) is 0 Å². The first kappa shape index (κ1) is 12.2. The van der Waals surface area contributed by atoms with Crippen LogP contribution in [0.3, 0.4) is 0 Å². The summed E-state index contributed by atoms with van der Waals surface area (Å²) in [6.45, 7) is 8.02. The molecule has 2 atom stereocenters. The van der Waals surface area contributed by atoms with Crippen LogP contribution in [0.2, 0.25) is 0 Å². The molecule has 1 rings (SSSR count). The number of nitrogens with zero attached hydrogens (tertiary/aromatic N) is 1. The lowest BCUT2D eigenvalue weighted by Crippen LogP contribution is -2.56. The van der Waals surface area contributed by atoms with Gasteiger partial charge in [-0.1, -0.05) is 20.8 Å². The molecule has 0 aromatic carbocycles. The largest absolute Gasteiger partial charge is 0.351 e. The molecule has 15 heavy (non-hydrogen) atoms. The van der Waals surface area contributed by atoms with Gasteiger partial charge in [0.15, 0.2) is 0 Å². The summed E-state index contributed by atoms with van der Waals surface area (Å²) in [5.41, 5.74) is 0. The van der Waals surface area contributed by atoms with E-state index in [2.05, 4.69) is 24.1 Å². The van der Waals surface area contributed by atoms with Crippen molar-refractivity contribution in [2.75, 3.05) is 19.6 Å². The number of piperazine rings is 1. The average Bonchev–Trinajstić information content (AvgIpc) is 2.16. The van der Waals surface area contributed by atoms with E-state index in [-0.39, 0.29) is 17.9 Å². The molecule has 1 heterocycles. The molecular formula is C11H20N2O2. The average molecular weight is 212 g/mol. The van der Waals surface area contributed by atoms with Gasteiger partial charge >= 0.3 is 0 Å². The van der Waals surface area contributed by atoms with Gasteiger partial charge in [-0.2, -0.15) is 0 Å². The topological polar surface area (TPSA) is 49.4 Å². The minimum Gasteiger partial charge on any atom is -0.351 e. The maximum atomic E-state index is 11.4. The number of hydrogen-bond donors (Lipinski definition) is 1. The van der Waals surface area contributed by atoms with Crippen LogP contribution in [0, 0.1) is 11.8 Å². The van der Waals surface area contributed by atoms with Crippen LogP contribution in [-0.2, 0) is 9.59 Å². The number of carbonyl (C=O) groups is 2. The van der Waals surface area contributed by atoms with Crippen LogP contribution in [0.5, 0.6) is 0 Å². The Kier molecular flexibility index (Phi) is 4.27. The van der Waals surface area contributed by atoms with E-state index in [4.69, 9.17) is 0 Å². The van der Waals surface area contributed by atoms with Gasteiger partial charge in [-0.25, -0.2) is 0 Å². The number of nitrogens with one attached hydrogen (secondary N) is 1. The van der Waals surface area contributed by atoms with Gasteiger partial charge in [0, 0.05) is 25.0 Å². The maximum absolute atomic E-state index is 11.4. The van der Waals surface area contributed by atoms with Crippen molar-refractivity contribution in [1.29, 1.82) is 0 Å². The number of aldehydes is 1. The number of rotatable bonds is 4. The Bertz CT molecular complexity index is 241. The molecule has 0 radical (unpaired) electrons. The van der Waals surface area contributed by atoms with Crippen molar-refractivity contribution in [2.45, 2.75) is 26.8 Å². The second kappa shape index (κ2) is 5.26. The molecule has 1 aliphatic rings. The van der Waals surface area contributed by atoms with E-state index in [1.54, 1.807) is 0 Å². The van der Waals surface area contributed by atoms with Gasteiger partial charge in [0.1, 0.15) is 6.29 Å². The molecule has 1 fully saturated rings. The van der Waals surface area contributed by atoms with Crippen LogP contribution < -0.4 is 5.32 Å². The summed E-state index contributed by atoms with van der Waals surface area (Å²) in [6.07, 6.45) is 0.941. The predicted octanol–water partition coefficient (Wildman–Crippen LogP) is 0.278. The van der Waals surface area contributed by atoms with Gasteiger partial charge in [0.05, 0.1) is 6.54 Å². The summed E-state index contributed by atoms with van der Waals surface area (Å²) in [4.78, 5) is 24.0. The molecule has 0 aromatic rings.